The number of anilines is 1. The minimum Gasteiger partial charge on any atom is -0.345 e. The molecule has 0 radical (unpaired) electrons. The zero-order valence-electron chi connectivity index (χ0n) is 17.7. The minimum absolute atomic E-state index is 0.0621. The number of nitrogens with zero attached hydrogens (tertiary/aromatic N) is 1. The van der Waals surface area contributed by atoms with Crippen molar-refractivity contribution < 1.29 is 13.2 Å². The van der Waals surface area contributed by atoms with Crippen LogP contribution in [0.25, 0.3) is 0 Å². The third-order valence-corrected chi connectivity index (χ3v) is 7.61. The number of benzene rings is 3. The van der Waals surface area contributed by atoms with Crippen LogP contribution in [-0.4, -0.2) is 21.4 Å². The lowest BCUT2D eigenvalue weighted by Gasteiger charge is -2.26. The highest BCUT2D eigenvalue weighted by molar-refractivity contribution is 7.92. The lowest BCUT2D eigenvalue weighted by molar-refractivity contribution is 0.0932. The topological polar surface area (TPSA) is 66.5 Å². The molecule has 0 bridgehead atoms. The summed E-state index contributed by atoms with van der Waals surface area (Å²) in [7, 11) is -2.27. The molecule has 3 aromatic carbocycles. The van der Waals surface area contributed by atoms with Gasteiger partial charge in [-0.2, -0.15) is 0 Å². The Bertz CT molecular complexity index is 1200. The average molecular weight is 435 g/mol. The highest BCUT2D eigenvalue weighted by atomic mass is 32.2. The van der Waals surface area contributed by atoms with Crippen molar-refractivity contribution in [2.45, 2.75) is 37.1 Å². The number of sulfonamides is 1. The number of hydrogen-bond acceptors (Lipinski definition) is 3. The number of rotatable bonds is 5. The molecule has 6 heteroatoms. The Labute approximate surface area is 183 Å². The van der Waals surface area contributed by atoms with E-state index in [0.717, 1.165) is 30.4 Å². The van der Waals surface area contributed by atoms with Crippen LogP contribution in [0.5, 0.6) is 0 Å². The maximum Gasteiger partial charge on any atom is 0.264 e. The van der Waals surface area contributed by atoms with E-state index in [4.69, 9.17) is 0 Å². The fourth-order valence-electron chi connectivity index (χ4n) is 3.99. The summed E-state index contributed by atoms with van der Waals surface area (Å²) in [6.07, 6.45) is 2.90. The summed E-state index contributed by atoms with van der Waals surface area (Å²) in [6.45, 7) is 1.95. The second-order valence-corrected chi connectivity index (χ2v) is 9.92. The Morgan fingerprint density at radius 2 is 1.74 bits per heavy atom. The summed E-state index contributed by atoms with van der Waals surface area (Å²) in [5.41, 5.74) is 4.36. The van der Waals surface area contributed by atoms with E-state index in [1.807, 2.05) is 31.2 Å². The summed E-state index contributed by atoms with van der Waals surface area (Å²) in [6, 6.07) is 21.6. The Hall–Kier alpha value is -3.12. The maximum absolute atomic E-state index is 13.1. The van der Waals surface area contributed by atoms with Crippen molar-refractivity contribution in [2.75, 3.05) is 11.4 Å². The predicted molar refractivity (Wildman–Crippen MR) is 123 cm³/mol. The van der Waals surface area contributed by atoms with Crippen molar-refractivity contribution in [3.63, 3.8) is 0 Å². The maximum atomic E-state index is 13.1. The molecule has 0 aliphatic heterocycles. The van der Waals surface area contributed by atoms with Gasteiger partial charge in [0.1, 0.15) is 0 Å². The largest absolute Gasteiger partial charge is 0.345 e. The van der Waals surface area contributed by atoms with Crippen LogP contribution in [0.2, 0.25) is 0 Å². The summed E-state index contributed by atoms with van der Waals surface area (Å²) in [5, 5.41) is 3.09. The van der Waals surface area contributed by atoms with Gasteiger partial charge in [0.15, 0.2) is 0 Å². The van der Waals surface area contributed by atoms with Gasteiger partial charge in [-0.15, -0.1) is 0 Å². The van der Waals surface area contributed by atoms with Crippen LogP contribution in [0.4, 0.5) is 5.69 Å². The van der Waals surface area contributed by atoms with Gasteiger partial charge in [0, 0.05) is 12.6 Å². The number of carbonyl (C=O) groups is 1. The fourth-order valence-corrected chi connectivity index (χ4v) is 5.24. The number of hydrogen-bond donors (Lipinski definition) is 1. The average Bonchev–Trinajstić information content (AvgIpc) is 2.79. The van der Waals surface area contributed by atoms with E-state index in [9.17, 15) is 13.2 Å². The molecule has 160 valence electrons. The molecule has 0 unspecified atom stereocenters. The molecule has 5 nitrogen and oxygen atoms in total. The second-order valence-electron chi connectivity index (χ2n) is 7.95. The van der Waals surface area contributed by atoms with Crippen molar-refractivity contribution in [3.8, 4) is 0 Å². The molecular weight excluding hydrogens is 408 g/mol. The van der Waals surface area contributed by atoms with E-state index >= 15 is 0 Å². The van der Waals surface area contributed by atoms with Gasteiger partial charge < -0.3 is 5.32 Å². The van der Waals surface area contributed by atoms with E-state index in [-0.39, 0.29) is 16.8 Å². The smallest absolute Gasteiger partial charge is 0.264 e. The number of fused-ring (bicyclic) bond motifs is 1. The molecule has 0 saturated heterocycles. The summed E-state index contributed by atoms with van der Waals surface area (Å²) in [4.78, 5) is 13.0. The summed E-state index contributed by atoms with van der Waals surface area (Å²) in [5.74, 6) is -0.267. The van der Waals surface area contributed by atoms with E-state index in [2.05, 4.69) is 17.4 Å². The zero-order chi connectivity index (χ0) is 22.0. The first-order valence-corrected chi connectivity index (χ1v) is 11.8. The molecule has 4 rings (SSSR count). The molecular formula is C25H26N2O3S. The summed E-state index contributed by atoms with van der Waals surface area (Å²) < 4.78 is 27.5. The van der Waals surface area contributed by atoms with Crippen LogP contribution in [0.1, 0.15) is 45.9 Å². The lowest BCUT2D eigenvalue weighted by Crippen LogP contribution is -2.31. The van der Waals surface area contributed by atoms with Crippen LogP contribution >= 0.6 is 0 Å². The van der Waals surface area contributed by atoms with Crippen LogP contribution in [0, 0.1) is 6.92 Å². The predicted octanol–water partition coefficient (Wildman–Crippen LogP) is 4.63. The standard InChI is InChI=1S/C25H26N2O3S/c1-18-13-15-21(16-14-18)27(2)31(29,30)22-10-5-9-20(17-22)25(28)26-24-12-6-8-19-7-3-4-11-23(19)24/h3-5,7,9-11,13-17,24H,6,8,12H2,1-2H3,(H,26,28)/t24-/m0/s1. The third kappa shape index (κ3) is 4.35. The normalized spacial score (nSPS) is 15.7. The van der Waals surface area contributed by atoms with Crippen LogP contribution < -0.4 is 9.62 Å². The molecule has 0 heterocycles. The molecule has 0 saturated carbocycles. The Balaban J connectivity index is 1.57. The van der Waals surface area contributed by atoms with Crippen molar-refractivity contribution >= 4 is 21.6 Å². The van der Waals surface area contributed by atoms with E-state index in [1.54, 1.807) is 24.3 Å². The highest BCUT2D eigenvalue weighted by Crippen LogP contribution is 2.30. The molecule has 1 atom stereocenters. The molecule has 0 spiro atoms. The van der Waals surface area contributed by atoms with Crippen molar-refractivity contribution in [2.24, 2.45) is 0 Å². The van der Waals surface area contributed by atoms with E-state index in [0.29, 0.717) is 11.3 Å². The number of amides is 1. The van der Waals surface area contributed by atoms with Gasteiger partial charge in [0.2, 0.25) is 0 Å². The Morgan fingerprint density at radius 3 is 2.52 bits per heavy atom. The lowest BCUT2D eigenvalue weighted by atomic mass is 9.87. The highest BCUT2D eigenvalue weighted by Gasteiger charge is 2.25. The van der Waals surface area contributed by atoms with Crippen molar-refractivity contribution in [3.05, 3.63) is 95.1 Å². The molecule has 0 fully saturated rings. The van der Waals surface area contributed by atoms with Crippen molar-refractivity contribution in [1.29, 1.82) is 0 Å². The molecule has 1 amide bonds. The SMILES string of the molecule is Cc1ccc(N(C)S(=O)(=O)c2cccc(C(=O)N[C@H]3CCCc4ccccc43)c2)cc1. The molecule has 31 heavy (non-hydrogen) atoms. The minimum atomic E-state index is -3.79. The van der Waals surface area contributed by atoms with Gasteiger partial charge in [-0.25, -0.2) is 8.42 Å². The second kappa shape index (κ2) is 8.55. The van der Waals surface area contributed by atoms with Gasteiger partial charge in [0.05, 0.1) is 16.6 Å². The molecule has 3 aromatic rings. The first-order valence-electron chi connectivity index (χ1n) is 10.4. The van der Waals surface area contributed by atoms with Gasteiger partial charge in [0.25, 0.3) is 15.9 Å². The van der Waals surface area contributed by atoms with Gasteiger partial charge in [-0.1, -0.05) is 48.0 Å². The number of carbonyl (C=O) groups excluding carboxylic acids is 1. The molecule has 1 aliphatic rings. The van der Waals surface area contributed by atoms with Crippen molar-refractivity contribution in [1.82, 2.24) is 5.32 Å². The molecule has 0 aromatic heterocycles. The summed E-state index contributed by atoms with van der Waals surface area (Å²) >= 11 is 0. The van der Waals surface area contributed by atoms with Gasteiger partial charge in [-0.05, 0) is 67.6 Å². The zero-order valence-corrected chi connectivity index (χ0v) is 18.5. The van der Waals surface area contributed by atoms with Crippen LogP contribution in [0.15, 0.2) is 77.7 Å². The van der Waals surface area contributed by atoms with Gasteiger partial charge >= 0.3 is 0 Å². The fraction of sp³-hybridized carbons (Fsp3) is 0.240. The molecule has 1 N–H and O–H groups in total. The monoisotopic (exact) mass is 434 g/mol. The first-order chi connectivity index (χ1) is 14.9. The Kier molecular flexibility index (Phi) is 5.83. The van der Waals surface area contributed by atoms with Crippen LogP contribution in [0.3, 0.4) is 0 Å². The van der Waals surface area contributed by atoms with E-state index < -0.39 is 10.0 Å². The quantitative estimate of drug-likeness (QED) is 0.637. The number of nitrogens with one attached hydrogen (secondary N) is 1. The molecule has 1 aliphatic carbocycles. The Morgan fingerprint density at radius 1 is 1.00 bits per heavy atom. The van der Waals surface area contributed by atoms with E-state index in [1.165, 1.54) is 29.0 Å². The first kappa shape index (κ1) is 21.1. The third-order valence-electron chi connectivity index (χ3n) is 5.83. The van der Waals surface area contributed by atoms with Gasteiger partial charge in [-0.3, -0.25) is 9.10 Å². The number of aryl methyl sites for hydroxylation is 2. The van der Waals surface area contributed by atoms with Crippen LogP contribution in [-0.2, 0) is 16.4 Å².